The number of amides is 3. The maximum atomic E-state index is 12.8. The first-order chi connectivity index (χ1) is 11.7. The molecule has 2 unspecified atom stereocenters. The molecule has 136 valence electrons. The molecule has 2 rings (SSSR count). The number of urea groups is 1. The van der Waals surface area contributed by atoms with Crippen molar-refractivity contribution in [1.29, 1.82) is 0 Å². The third kappa shape index (κ3) is 4.95. The molecule has 1 saturated heterocycles. The largest absolute Gasteiger partial charge is 0.481 e. The summed E-state index contributed by atoms with van der Waals surface area (Å²) in [4.78, 5) is 37.8. The van der Waals surface area contributed by atoms with E-state index in [1.165, 1.54) is 4.90 Å². The number of carboxylic acids is 1. The van der Waals surface area contributed by atoms with Gasteiger partial charge in [0.15, 0.2) is 0 Å². The quantitative estimate of drug-likeness (QED) is 0.777. The van der Waals surface area contributed by atoms with Crippen LogP contribution in [0.2, 0.25) is 0 Å². The number of hydrogen-bond donors (Lipinski definition) is 3. The van der Waals surface area contributed by atoms with Crippen LogP contribution >= 0.6 is 0 Å². The summed E-state index contributed by atoms with van der Waals surface area (Å²) in [5, 5.41) is 14.6. The standard InChI is InChI=1S/C18H25N3O4/c1-12-9-13(15(22)23)11-21(10-12)16(24)18(2,3)20-17(25)19-14-7-5-4-6-8-14/h4-8,12-13H,9-11H2,1-3H3,(H,22,23)(H2,19,20,25). The van der Waals surface area contributed by atoms with Gasteiger partial charge in [-0.2, -0.15) is 0 Å². The Morgan fingerprint density at radius 1 is 1.16 bits per heavy atom. The molecule has 0 spiro atoms. The van der Waals surface area contributed by atoms with Crippen LogP contribution in [0.1, 0.15) is 27.2 Å². The van der Waals surface area contributed by atoms with Crippen molar-refractivity contribution >= 4 is 23.6 Å². The summed E-state index contributed by atoms with van der Waals surface area (Å²) in [7, 11) is 0. The molecule has 3 N–H and O–H groups in total. The molecule has 3 amide bonds. The van der Waals surface area contributed by atoms with Crippen LogP contribution in [-0.2, 0) is 9.59 Å². The van der Waals surface area contributed by atoms with Crippen molar-refractivity contribution in [3.05, 3.63) is 30.3 Å². The minimum Gasteiger partial charge on any atom is -0.481 e. The molecule has 7 nitrogen and oxygen atoms in total. The van der Waals surface area contributed by atoms with Gasteiger partial charge in [-0.25, -0.2) is 4.79 Å². The van der Waals surface area contributed by atoms with E-state index in [4.69, 9.17) is 0 Å². The average Bonchev–Trinajstić information content (AvgIpc) is 2.53. The highest BCUT2D eigenvalue weighted by molar-refractivity contribution is 5.95. The molecule has 0 bridgehead atoms. The van der Waals surface area contributed by atoms with Gasteiger partial charge in [0.05, 0.1) is 5.92 Å². The molecule has 25 heavy (non-hydrogen) atoms. The predicted molar refractivity (Wildman–Crippen MR) is 94.2 cm³/mol. The van der Waals surface area contributed by atoms with E-state index in [1.54, 1.807) is 38.1 Å². The Morgan fingerprint density at radius 2 is 1.80 bits per heavy atom. The second-order valence-corrected chi connectivity index (χ2v) is 7.16. The molecule has 7 heteroatoms. The molecule has 1 aliphatic heterocycles. The van der Waals surface area contributed by atoms with Crippen LogP contribution < -0.4 is 10.6 Å². The first-order valence-corrected chi connectivity index (χ1v) is 8.35. The Kier molecular flexibility index (Phi) is 5.66. The SMILES string of the molecule is CC1CC(C(=O)O)CN(C(=O)C(C)(C)NC(=O)Nc2ccccc2)C1. The Bertz CT molecular complexity index is 645. The zero-order valence-corrected chi connectivity index (χ0v) is 14.8. The van der Waals surface area contributed by atoms with Gasteiger partial charge in [0.25, 0.3) is 0 Å². The molecule has 0 aliphatic carbocycles. The number of piperidine rings is 1. The van der Waals surface area contributed by atoms with Gasteiger partial charge in [0, 0.05) is 18.8 Å². The van der Waals surface area contributed by atoms with Crippen LogP contribution in [0.15, 0.2) is 30.3 Å². The van der Waals surface area contributed by atoms with Gasteiger partial charge in [-0.3, -0.25) is 9.59 Å². The molecule has 0 radical (unpaired) electrons. The summed E-state index contributed by atoms with van der Waals surface area (Å²) in [6.07, 6.45) is 0.557. The minimum atomic E-state index is -1.14. The van der Waals surface area contributed by atoms with Crippen molar-refractivity contribution in [2.45, 2.75) is 32.7 Å². The van der Waals surface area contributed by atoms with Crippen molar-refractivity contribution in [3.63, 3.8) is 0 Å². The molecule has 1 aliphatic rings. The minimum absolute atomic E-state index is 0.104. The van der Waals surface area contributed by atoms with Crippen LogP contribution in [0.25, 0.3) is 0 Å². The van der Waals surface area contributed by atoms with Gasteiger partial charge in [0.2, 0.25) is 5.91 Å². The van der Waals surface area contributed by atoms with E-state index >= 15 is 0 Å². The summed E-state index contributed by atoms with van der Waals surface area (Å²) in [5.74, 6) is -1.64. The van der Waals surface area contributed by atoms with Gasteiger partial charge in [0.1, 0.15) is 5.54 Å². The molecule has 1 heterocycles. The van der Waals surface area contributed by atoms with E-state index in [2.05, 4.69) is 10.6 Å². The van der Waals surface area contributed by atoms with Crippen molar-refractivity contribution < 1.29 is 19.5 Å². The van der Waals surface area contributed by atoms with E-state index in [9.17, 15) is 19.5 Å². The zero-order valence-electron chi connectivity index (χ0n) is 14.8. The molecule has 1 aromatic rings. The fourth-order valence-corrected chi connectivity index (χ4v) is 3.11. The normalized spacial score (nSPS) is 20.7. The Hall–Kier alpha value is -2.57. The lowest BCUT2D eigenvalue weighted by molar-refractivity contribution is -0.148. The third-order valence-electron chi connectivity index (χ3n) is 4.29. The van der Waals surface area contributed by atoms with Gasteiger partial charge >= 0.3 is 12.0 Å². The lowest BCUT2D eigenvalue weighted by Crippen LogP contribution is -2.59. The lowest BCUT2D eigenvalue weighted by atomic mass is 9.89. The van der Waals surface area contributed by atoms with Crippen molar-refractivity contribution in [3.8, 4) is 0 Å². The highest BCUT2D eigenvalue weighted by Crippen LogP contribution is 2.24. The van der Waals surface area contributed by atoms with Crippen molar-refractivity contribution in [1.82, 2.24) is 10.2 Å². The van der Waals surface area contributed by atoms with Gasteiger partial charge in [-0.15, -0.1) is 0 Å². The lowest BCUT2D eigenvalue weighted by Gasteiger charge is -2.39. The first-order valence-electron chi connectivity index (χ1n) is 8.35. The van der Waals surface area contributed by atoms with E-state index in [0.29, 0.717) is 18.7 Å². The van der Waals surface area contributed by atoms with Crippen LogP contribution in [0, 0.1) is 11.8 Å². The molecular weight excluding hydrogens is 322 g/mol. The molecule has 1 aromatic carbocycles. The first kappa shape index (κ1) is 18.8. The number of para-hydroxylation sites is 1. The topological polar surface area (TPSA) is 98.7 Å². The number of benzene rings is 1. The number of nitrogens with zero attached hydrogens (tertiary/aromatic N) is 1. The Morgan fingerprint density at radius 3 is 2.40 bits per heavy atom. The molecule has 1 fully saturated rings. The van der Waals surface area contributed by atoms with E-state index in [1.807, 2.05) is 13.0 Å². The van der Waals surface area contributed by atoms with Crippen LogP contribution in [0.3, 0.4) is 0 Å². The summed E-state index contributed by atoms with van der Waals surface area (Å²) in [5.41, 5.74) is -0.514. The fraction of sp³-hybridized carbons (Fsp3) is 0.500. The number of hydrogen-bond acceptors (Lipinski definition) is 3. The maximum Gasteiger partial charge on any atom is 0.320 e. The van der Waals surface area contributed by atoms with E-state index in [-0.39, 0.29) is 18.4 Å². The summed E-state index contributed by atoms with van der Waals surface area (Å²) in [6, 6.07) is 8.45. The van der Waals surface area contributed by atoms with Gasteiger partial charge < -0.3 is 20.6 Å². The summed E-state index contributed by atoms with van der Waals surface area (Å²) in [6.45, 7) is 5.83. The molecule has 0 aromatic heterocycles. The third-order valence-corrected chi connectivity index (χ3v) is 4.29. The number of carbonyl (C=O) groups is 3. The summed E-state index contributed by atoms with van der Waals surface area (Å²) >= 11 is 0. The van der Waals surface area contributed by atoms with Crippen LogP contribution in [0.5, 0.6) is 0 Å². The van der Waals surface area contributed by atoms with Crippen molar-refractivity contribution in [2.75, 3.05) is 18.4 Å². The second-order valence-electron chi connectivity index (χ2n) is 7.16. The van der Waals surface area contributed by atoms with Crippen LogP contribution in [0.4, 0.5) is 10.5 Å². The second kappa shape index (κ2) is 7.55. The number of carbonyl (C=O) groups excluding carboxylic acids is 2. The fourth-order valence-electron chi connectivity index (χ4n) is 3.11. The van der Waals surface area contributed by atoms with Crippen LogP contribution in [-0.4, -0.2) is 46.5 Å². The smallest absolute Gasteiger partial charge is 0.320 e. The number of anilines is 1. The highest BCUT2D eigenvalue weighted by atomic mass is 16.4. The Labute approximate surface area is 147 Å². The van der Waals surface area contributed by atoms with Gasteiger partial charge in [-0.1, -0.05) is 25.1 Å². The highest BCUT2D eigenvalue weighted by Gasteiger charge is 2.38. The molecule has 2 atom stereocenters. The molecule has 0 saturated carbocycles. The monoisotopic (exact) mass is 347 g/mol. The molecular formula is C18H25N3O4. The average molecular weight is 347 g/mol. The maximum absolute atomic E-state index is 12.8. The Balaban J connectivity index is 2.01. The van der Waals surface area contributed by atoms with E-state index < -0.39 is 23.5 Å². The van der Waals surface area contributed by atoms with Crippen molar-refractivity contribution in [2.24, 2.45) is 11.8 Å². The van der Waals surface area contributed by atoms with Gasteiger partial charge in [-0.05, 0) is 38.3 Å². The number of carboxylic acid groups (broad SMARTS) is 1. The zero-order chi connectivity index (χ0) is 18.6. The number of likely N-dealkylation sites (tertiary alicyclic amines) is 1. The summed E-state index contributed by atoms with van der Waals surface area (Å²) < 4.78 is 0. The van der Waals surface area contributed by atoms with E-state index in [0.717, 1.165) is 0 Å². The number of nitrogens with one attached hydrogen (secondary N) is 2. The number of aliphatic carboxylic acids is 1. The predicted octanol–water partition coefficient (Wildman–Crippen LogP) is 2.16. The number of rotatable bonds is 4.